The second-order valence-corrected chi connectivity index (χ2v) is 5.00. The highest BCUT2D eigenvalue weighted by molar-refractivity contribution is 5.76. The molecule has 1 aromatic rings. The summed E-state index contributed by atoms with van der Waals surface area (Å²) in [6.45, 7) is 5.21. The van der Waals surface area contributed by atoms with Crippen LogP contribution in [-0.2, 0) is 17.9 Å². The number of nitrogens with one attached hydrogen (secondary N) is 2. The first-order valence-corrected chi connectivity index (χ1v) is 6.32. The van der Waals surface area contributed by atoms with Crippen molar-refractivity contribution in [1.82, 2.24) is 15.2 Å². The summed E-state index contributed by atoms with van der Waals surface area (Å²) in [6, 6.07) is 4.96. The van der Waals surface area contributed by atoms with Crippen LogP contribution < -0.4 is 10.6 Å². The van der Waals surface area contributed by atoms with E-state index in [0.29, 0.717) is 12.6 Å². The maximum absolute atomic E-state index is 11.7. The molecule has 1 heterocycles. The third kappa shape index (κ3) is 3.89. The Kier molecular flexibility index (Phi) is 3.84. The van der Waals surface area contributed by atoms with Crippen LogP contribution in [0.15, 0.2) is 18.3 Å². The Morgan fingerprint density at radius 2 is 2.29 bits per heavy atom. The highest BCUT2D eigenvalue weighted by atomic mass is 16.2. The van der Waals surface area contributed by atoms with E-state index in [1.807, 2.05) is 30.7 Å². The lowest BCUT2D eigenvalue weighted by molar-refractivity contribution is -0.122. The number of amides is 1. The molecule has 1 aromatic heterocycles. The van der Waals surface area contributed by atoms with E-state index in [2.05, 4.69) is 16.7 Å². The van der Waals surface area contributed by atoms with Crippen molar-refractivity contribution < 1.29 is 4.79 Å². The molecule has 4 heteroatoms. The molecule has 1 aliphatic carbocycles. The Bertz CT molecular complexity index is 380. The number of carbonyl (C=O) groups is 1. The molecule has 0 saturated heterocycles. The maximum atomic E-state index is 11.7. The quantitative estimate of drug-likeness (QED) is 0.780. The number of hydrogen-bond donors (Lipinski definition) is 2. The molecule has 2 rings (SSSR count). The van der Waals surface area contributed by atoms with Gasteiger partial charge in [0.25, 0.3) is 0 Å². The highest BCUT2D eigenvalue weighted by Crippen LogP contribution is 2.19. The van der Waals surface area contributed by atoms with Crippen molar-refractivity contribution in [2.75, 3.05) is 0 Å². The summed E-state index contributed by atoms with van der Waals surface area (Å²) in [5.74, 6) is 0.0730. The van der Waals surface area contributed by atoms with Gasteiger partial charge in [0.05, 0.1) is 0 Å². The molecule has 1 saturated carbocycles. The van der Waals surface area contributed by atoms with E-state index < -0.39 is 0 Å². The minimum absolute atomic E-state index is 0.0730. The molecule has 0 aromatic carbocycles. The van der Waals surface area contributed by atoms with E-state index in [9.17, 15) is 4.79 Å². The Morgan fingerprint density at radius 1 is 1.53 bits per heavy atom. The van der Waals surface area contributed by atoms with Crippen molar-refractivity contribution in [2.45, 2.75) is 51.9 Å². The lowest BCUT2D eigenvalue weighted by Gasteiger charge is -2.12. The van der Waals surface area contributed by atoms with Gasteiger partial charge in [0.15, 0.2) is 0 Å². The zero-order valence-electron chi connectivity index (χ0n) is 10.6. The van der Waals surface area contributed by atoms with Gasteiger partial charge in [0.2, 0.25) is 5.91 Å². The van der Waals surface area contributed by atoms with Gasteiger partial charge in [-0.3, -0.25) is 4.79 Å². The number of nitrogens with zero attached hydrogens (tertiary/aromatic N) is 1. The summed E-state index contributed by atoms with van der Waals surface area (Å²) in [5.41, 5.74) is 1.18. The molecule has 0 radical (unpaired) electrons. The van der Waals surface area contributed by atoms with Crippen LogP contribution in [0.25, 0.3) is 0 Å². The summed E-state index contributed by atoms with van der Waals surface area (Å²) >= 11 is 0. The lowest BCUT2D eigenvalue weighted by Crippen LogP contribution is -2.33. The average molecular weight is 235 g/mol. The van der Waals surface area contributed by atoms with Gasteiger partial charge in [-0.25, -0.2) is 0 Å². The highest BCUT2D eigenvalue weighted by Gasteiger charge is 2.20. The van der Waals surface area contributed by atoms with Gasteiger partial charge in [-0.2, -0.15) is 0 Å². The summed E-state index contributed by atoms with van der Waals surface area (Å²) in [5, 5.41) is 6.37. The van der Waals surface area contributed by atoms with Crippen molar-refractivity contribution in [3.8, 4) is 0 Å². The SMILES string of the molecule is CC(C)NC(=O)Cn1cccc1CNC1CC1. The molecule has 0 bridgehead atoms. The fourth-order valence-electron chi connectivity index (χ4n) is 1.82. The summed E-state index contributed by atoms with van der Waals surface area (Å²) in [6.07, 6.45) is 4.53. The van der Waals surface area contributed by atoms with Gasteiger partial charge in [-0.1, -0.05) is 0 Å². The van der Waals surface area contributed by atoms with Crippen molar-refractivity contribution in [1.29, 1.82) is 0 Å². The van der Waals surface area contributed by atoms with E-state index in [0.717, 1.165) is 6.54 Å². The second-order valence-electron chi connectivity index (χ2n) is 5.00. The molecule has 1 fully saturated rings. The van der Waals surface area contributed by atoms with E-state index in [-0.39, 0.29) is 11.9 Å². The zero-order chi connectivity index (χ0) is 12.3. The fraction of sp³-hybridized carbons (Fsp3) is 0.615. The predicted molar refractivity (Wildman–Crippen MR) is 67.6 cm³/mol. The van der Waals surface area contributed by atoms with Crippen LogP contribution >= 0.6 is 0 Å². The standard InChI is InChI=1S/C13H21N3O/c1-10(2)15-13(17)9-16-7-3-4-12(16)8-14-11-5-6-11/h3-4,7,10-11,14H,5-6,8-9H2,1-2H3,(H,15,17). The van der Waals surface area contributed by atoms with Gasteiger partial charge in [0.1, 0.15) is 6.54 Å². The zero-order valence-corrected chi connectivity index (χ0v) is 10.6. The smallest absolute Gasteiger partial charge is 0.240 e. The summed E-state index contributed by atoms with van der Waals surface area (Å²) in [4.78, 5) is 11.7. The van der Waals surface area contributed by atoms with Crippen molar-refractivity contribution in [3.63, 3.8) is 0 Å². The van der Waals surface area contributed by atoms with Crippen LogP contribution in [0.2, 0.25) is 0 Å². The van der Waals surface area contributed by atoms with Crippen molar-refractivity contribution in [2.24, 2.45) is 0 Å². The van der Waals surface area contributed by atoms with Crippen molar-refractivity contribution in [3.05, 3.63) is 24.0 Å². The average Bonchev–Trinajstić information content (AvgIpc) is 2.96. The van der Waals surface area contributed by atoms with Crippen LogP contribution in [-0.4, -0.2) is 22.6 Å². The molecule has 0 unspecified atom stereocenters. The minimum atomic E-state index is 0.0730. The number of hydrogen-bond acceptors (Lipinski definition) is 2. The van der Waals surface area contributed by atoms with E-state index in [1.54, 1.807) is 0 Å². The van der Waals surface area contributed by atoms with E-state index in [4.69, 9.17) is 0 Å². The van der Waals surface area contributed by atoms with E-state index >= 15 is 0 Å². The van der Waals surface area contributed by atoms with Crippen LogP contribution in [0.5, 0.6) is 0 Å². The second kappa shape index (κ2) is 5.36. The Labute approximate surface area is 102 Å². The van der Waals surface area contributed by atoms with Gasteiger partial charge in [-0.15, -0.1) is 0 Å². The molecular weight excluding hydrogens is 214 g/mol. The number of rotatable bonds is 6. The van der Waals surface area contributed by atoms with Gasteiger partial charge in [0, 0.05) is 30.5 Å². The van der Waals surface area contributed by atoms with Gasteiger partial charge >= 0.3 is 0 Å². The summed E-state index contributed by atoms with van der Waals surface area (Å²) in [7, 11) is 0. The largest absolute Gasteiger partial charge is 0.352 e. The van der Waals surface area contributed by atoms with Crippen LogP contribution in [0.1, 0.15) is 32.4 Å². The van der Waals surface area contributed by atoms with Gasteiger partial charge < -0.3 is 15.2 Å². The topological polar surface area (TPSA) is 46.1 Å². The number of carbonyl (C=O) groups excluding carboxylic acids is 1. The monoisotopic (exact) mass is 235 g/mol. The molecular formula is C13H21N3O. The Balaban J connectivity index is 1.86. The van der Waals surface area contributed by atoms with Crippen LogP contribution in [0, 0.1) is 0 Å². The van der Waals surface area contributed by atoms with Crippen LogP contribution in [0.3, 0.4) is 0 Å². The van der Waals surface area contributed by atoms with Gasteiger partial charge in [-0.05, 0) is 38.8 Å². The first kappa shape index (κ1) is 12.2. The minimum Gasteiger partial charge on any atom is -0.352 e. The predicted octanol–water partition coefficient (Wildman–Crippen LogP) is 1.26. The fourth-order valence-corrected chi connectivity index (χ4v) is 1.82. The van der Waals surface area contributed by atoms with Crippen LogP contribution in [0.4, 0.5) is 0 Å². The molecule has 0 atom stereocenters. The summed E-state index contributed by atoms with van der Waals surface area (Å²) < 4.78 is 2.01. The molecule has 1 amide bonds. The Morgan fingerprint density at radius 3 is 2.94 bits per heavy atom. The molecule has 17 heavy (non-hydrogen) atoms. The lowest BCUT2D eigenvalue weighted by atomic mass is 10.3. The van der Waals surface area contributed by atoms with Crippen molar-refractivity contribution >= 4 is 5.91 Å². The molecule has 4 nitrogen and oxygen atoms in total. The third-order valence-electron chi connectivity index (χ3n) is 2.84. The third-order valence-corrected chi connectivity index (χ3v) is 2.84. The molecule has 0 spiro atoms. The maximum Gasteiger partial charge on any atom is 0.240 e. The first-order chi connectivity index (χ1) is 8.15. The molecule has 94 valence electrons. The Hall–Kier alpha value is -1.29. The molecule has 2 N–H and O–H groups in total. The van der Waals surface area contributed by atoms with E-state index in [1.165, 1.54) is 18.5 Å². The molecule has 0 aliphatic heterocycles. The first-order valence-electron chi connectivity index (χ1n) is 6.32. The molecule has 1 aliphatic rings. The number of aromatic nitrogens is 1. The normalized spacial score (nSPS) is 15.2.